The third-order valence-corrected chi connectivity index (χ3v) is 8.75. The molecule has 0 aliphatic heterocycles. The lowest BCUT2D eigenvalue weighted by Crippen LogP contribution is -2.54. The second-order valence-electron chi connectivity index (χ2n) is 9.54. The van der Waals surface area contributed by atoms with Gasteiger partial charge in [0.05, 0.1) is 6.10 Å². The van der Waals surface area contributed by atoms with Crippen molar-refractivity contribution in [2.75, 3.05) is 13.9 Å². The van der Waals surface area contributed by atoms with Crippen LogP contribution in [0.25, 0.3) is 0 Å². The highest BCUT2D eigenvalue weighted by molar-refractivity contribution is 5.87. The van der Waals surface area contributed by atoms with Crippen molar-refractivity contribution in [2.24, 2.45) is 34.5 Å². The summed E-state index contributed by atoms with van der Waals surface area (Å²) < 4.78 is 11.0. The van der Waals surface area contributed by atoms with Crippen LogP contribution in [0.1, 0.15) is 71.6 Å². The van der Waals surface area contributed by atoms with E-state index in [4.69, 9.17) is 9.47 Å². The van der Waals surface area contributed by atoms with Crippen LogP contribution in [0.3, 0.4) is 0 Å². The molecule has 4 saturated carbocycles. The Morgan fingerprint density at radius 1 is 1.04 bits per heavy atom. The van der Waals surface area contributed by atoms with Crippen molar-refractivity contribution in [3.8, 4) is 0 Å². The number of fused-ring (bicyclic) bond motifs is 5. The highest BCUT2D eigenvalue weighted by Gasteiger charge is 2.60. The van der Waals surface area contributed by atoms with E-state index in [1.807, 2.05) is 0 Å². The van der Waals surface area contributed by atoms with Crippen LogP contribution in [-0.2, 0) is 14.3 Å². The first-order valence-electron chi connectivity index (χ1n) is 10.1. The number of methoxy groups -OCH3 is 1. The van der Waals surface area contributed by atoms with Crippen LogP contribution in [0, 0.1) is 34.5 Å². The lowest BCUT2D eigenvalue weighted by atomic mass is 9.45. The molecule has 136 valence electrons. The van der Waals surface area contributed by atoms with E-state index in [0.29, 0.717) is 30.0 Å². The first kappa shape index (κ1) is 17.0. The molecular formula is C21H34O3. The molecule has 0 heterocycles. The summed E-state index contributed by atoms with van der Waals surface area (Å²) in [6.07, 6.45) is 11.2. The van der Waals surface area contributed by atoms with Crippen LogP contribution < -0.4 is 0 Å². The zero-order chi connectivity index (χ0) is 16.9. The molecule has 24 heavy (non-hydrogen) atoms. The quantitative estimate of drug-likeness (QED) is 0.708. The maximum absolute atomic E-state index is 12.5. The van der Waals surface area contributed by atoms with Crippen LogP contribution in [0.5, 0.6) is 0 Å². The summed E-state index contributed by atoms with van der Waals surface area (Å²) in [4.78, 5) is 12.5. The molecule has 4 rings (SSSR count). The van der Waals surface area contributed by atoms with Crippen molar-refractivity contribution in [3.63, 3.8) is 0 Å². The maximum Gasteiger partial charge on any atom is 0.146 e. The van der Waals surface area contributed by atoms with Gasteiger partial charge in [0.25, 0.3) is 0 Å². The SMILES string of the molecule is COCOC1CC[C@@]2(C)C(CC[C@@H]3[C@H]2CC[C@]2(C)C(=O)CC[C@@H]32)C1. The minimum absolute atomic E-state index is 0.0170. The number of carbonyl (C=O) groups is 1. The molecule has 4 aliphatic carbocycles. The number of ketones is 1. The van der Waals surface area contributed by atoms with Crippen LogP contribution >= 0.6 is 0 Å². The Morgan fingerprint density at radius 2 is 1.88 bits per heavy atom. The standard InChI is InChI=1S/C21H34O3/c1-20-10-8-15(24-13-23-3)12-14(20)4-5-16-17-6-7-19(22)21(17,2)11-9-18(16)20/h14-18H,4-13H2,1-3H3/t14?,15?,16-,17-,18+,20-,21-/m0/s1. The van der Waals surface area contributed by atoms with Gasteiger partial charge in [-0.05, 0) is 80.5 Å². The van der Waals surface area contributed by atoms with E-state index in [2.05, 4.69) is 13.8 Å². The Hall–Kier alpha value is -0.410. The molecule has 4 fully saturated rings. The van der Waals surface area contributed by atoms with Gasteiger partial charge in [-0.1, -0.05) is 13.8 Å². The summed E-state index contributed by atoms with van der Waals surface area (Å²) in [7, 11) is 1.71. The van der Waals surface area contributed by atoms with Crippen LogP contribution in [0.4, 0.5) is 0 Å². The Kier molecular flexibility index (Phi) is 4.32. The summed E-state index contributed by atoms with van der Waals surface area (Å²) in [6.45, 7) is 5.29. The first-order valence-corrected chi connectivity index (χ1v) is 10.1. The van der Waals surface area contributed by atoms with Gasteiger partial charge < -0.3 is 9.47 Å². The van der Waals surface area contributed by atoms with E-state index in [-0.39, 0.29) is 5.41 Å². The van der Waals surface area contributed by atoms with Crippen molar-refractivity contribution in [1.29, 1.82) is 0 Å². The maximum atomic E-state index is 12.5. The molecule has 0 aromatic heterocycles. The van der Waals surface area contributed by atoms with E-state index in [0.717, 1.165) is 37.0 Å². The molecule has 0 N–H and O–H groups in total. The first-order chi connectivity index (χ1) is 11.5. The Bertz CT molecular complexity index is 503. The fourth-order valence-electron chi connectivity index (χ4n) is 7.31. The molecule has 0 aromatic rings. The van der Waals surface area contributed by atoms with Gasteiger partial charge in [-0.15, -0.1) is 0 Å². The average Bonchev–Trinajstić information content (AvgIpc) is 2.88. The normalized spacial score (nSPS) is 51.0. The molecule has 0 bridgehead atoms. The Balaban J connectivity index is 1.51. The Morgan fingerprint density at radius 3 is 2.67 bits per heavy atom. The van der Waals surface area contributed by atoms with Gasteiger partial charge in [0.2, 0.25) is 0 Å². The topological polar surface area (TPSA) is 35.5 Å². The van der Waals surface area contributed by atoms with E-state index in [9.17, 15) is 4.79 Å². The fraction of sp³-hybridized carbons (Fsp3) is 0.952. The molecule has 2 unspecified atom stereocenters. The molecule has 0 spiro atoms. The minimum Gasteiger partial charge on any atom is -0.359 e. The molecular weight excluding hydrogens is 300 g/mol. The molecule has 4 aliphatic rings. The zero-order valence-electron chi connectivity index (χ0n) is 15.7. The second kappa shape index (κ2) is 6.09. The number of hydrogen-bond donors (Lipinski definition) is 0. The van der Waals surface area contributed by atoms with Gasteiger partial charge in [-0.3, -0.25) is 4.79 Å². The molecule has 0 aromatic carbocycles. The van der Waals surface area contributed by atoms with Gasteiger partial charge >= 0.3 is 0 Å². The van der Waals surface area contributed by atoms with Crippen molar-refractivity contribution in [2.45, 2.75) is 77.7 Å². The molecule has 7 atom stereocenters. The monoisotopic (exact) mass is 334 g/mol. The highest BCUT2D eigenvalue weighted by atomic mass is 16.7. The summed E-state index contributed by atoms with van der Waals surface area (Å²) in [5.74, 6) is 3.67. The number of carbonyl (C=O) groups excluding carboxylic acids is 1. The molecule has 3 heteroatoms. The van der Waals surface area contributed by atoms with E-state index in [1.54, 1.807) is 7.11 Å². The largest absolute Gasteiger partial charge is 0.359 e. The van der Waals surface area contributed by atoms with Gasteiger partial charge in [-0.2, -0.15) is 0 Å². The van der Waals surface area contributed by atoms with Gasteiger partial charge in [0.15, 0.2) is 0 Å². The summed E-state index contributed by atoms with van der Waals surface area (Å²) >= 11 is 0. The lowest BCUT2D eigenvalue weighted by molar-refractivity contribution is -0.154. The molecule has 0 amide bonds. The predicted octanol–water partition coefficient (Wildman–Crippen LogP) is 4.59. The van der Waals surface area contributed by atoms with Crippen LogP contribution in [0.2, 0.25) is 0 Å². The van der Waals surface area contributed by atoms with Crippen molar-refractivity contribution in [1.82, 2.24) is 0 Å². The number of hydrogen-bond acceptors (Lipinski definition) is 3. The van der Waals surface area contributed by atoms with E-state index >= 15 is 0 Å². The third kappa shape index (κ3) is 2.41. The zero-order valence-corrected chi connectivity index (χ0v) is 15.7. The number of ether oxygens (including phenoxy) is 2. The summed E-state index contributed by atoms with van der Waals surface area (Å²) in [6, 6.07) is 0. The number of Topliss-reactive ketones (excluding diaryl/α,β-unsaturated/α-hetero) is 1. The lowest BCUT2D eigenvalue weighted by Gasteiger charge is -2.60. The van der Waals surface area contributed by atoms with E-state index in [1.165, 1.54) is 38.5 Å². The molecule has 3 nitrogen and oxygen atoms in total. The van der Waals surface area contributed by atoms with E-state index < -0.39 is 0 Å². The average molecular weight is 335 g/mol. The molecule has 0 saturated heterocycles. The van der Waals surface area contributed by atoms with Crippen LogP contribution in [-0.4, -0.2) is 25.8 Å². The Labute approximate surface area is 146 Å². The van der Waals surface area contributed by atoms with Gasteiger partial charge in [0, 0.05) is 18.9 Å². The molecule has 0 radical (unpaired) electrons. The summed E-state index contributed by atoms with van der Waals surface area (Å²) in [5, 5.41) is 0. The minimum atomic E-state index is 0.0170. The van der Waals surface area contributed by atoms with Gasteiger partial charge in [-0.25, -0.2) is 0 Å². The van der Waals surface area contributed by atoms with Crippen molar-refractivity contribution >= 4 is 5.78 Å². The summed E-state index contributed by atoms with van der Waals surface area (Å²) in [5.41, 5.74) is 0.492. The van der Waals surface area contributed by atoms with Gasteiger partial charge in [0.1, 0.15) is 12.6 Å². The smallest absolute Gasteiger partial charge is 0.146 e. The third-order valence-electron chi connectivity index (χ3n) is 8.75. The second-order valence-corrected chi connectivity index (χ2v) is 9.54. The number of rotatable bonds is 3. The van der Waals surface area contributed by atoms with Crippen molar-refractivity contribution in [3.05, 3.63) is 0 Å². The van der Waals surface area contributed by atoms with Crippen molar-refractivity contribution < 1.29 is 14.3 Å². The van der Waals surface area contributed by atoms with Crippen LogP contribution in [0.15, 0.2) is 0 Å². The predicted molar refractivity (Wildman–Crippen MR) is 93.5 cm³/mol. The fourth-order valence-corrected chi connectivity index (χ4v) is 7.31. The highest BCUT2D eigenvalue weighted by Crippen LogP contribution is 2.65.